The molecule has 0 bridgehead atoms. The van der Waals surface area contributed by atoms with Crippen LogP contribution in [0.15, 0.2) is 164 Å². The van der Waals surface area contributed by atoms with Crippen molar-refractivity contribution in [3.8, 4) is 22.3 Å². The van der Waals surface area contributed by atoms with Crippen LogP contribution in [-0.4, -0.2) is 4.98 Å². The van der Waals surface area contributed by atoms with Gasteiger partial charge < -0.3 is 9.88 Å². The fourth-order valence-corrected chi connectivity index (χ4v) is 6.12. The average molecular weight is 537 g/mol. The number of anilines is 3. The Bertz CT molecular complexity index is 2170. The van der Waals surface area contributed by atoms with Gasteiger partial charge in [0.1, 0.15) is 0 Å². The maximum Gasteiger partial charge on any atom is 0.0465 e. The zero-order chi connectivity index (χ0) is 27.9. The highest BCUT2D eigenvalue weighted by atomic mass is 15.1. The van der Waals surface area contributed by atoms with E-state index in [1.807, 2.05) is 0 Å². The van der Waals surface area contributed by atoms with Gasteiger partial charge in [-0.25, -0.2) is 0 Å². The molecule has 0 atom stereocenters. The van der Waals surface area contributed by atoms with Crippen molar-refractivity contribution in [1.29, 1.82) is 0 Å². The quantitative estimate of drug-likeness (QED) is 0.232. The van der Waals surface area contributed by atoms with Crippen LogP contribution in [0.3, 0.4) is 0 Å². The second-order valence-electron chi connectivity index (χ2n) is 10.7. The highest BCUT2D eigenvalue weighted by Crippen LogP contribution is 2.38. The molecule has 0 radical (unpaired) electrons. The van der Waals surface area contributed by atoms with Gasteiger partial charge in [-0.15, -0.1) is 0 Å². The summed E-state index contributed by atoms with van der Waals surface area (Å²) >= 11 is 0. The number of hydrogen-bond acceptors (Lipinski definition) is 1. The lowest BCUT2D eigenvalue weighted by molar-refractivity contribution is 1.28. The standard InChI is InChI=1S/C40H28N2/c1-2-11-32(12-3-1)42(34-24-19-30(20-25-34)36-15-8-10-29-9-4-5-13-35(29)36)33-22-17-28(18-23-33)31-21-26-40-38(27-31)37-14-6-7-16-39(37)41-40/h1-27,41H. The van der Waals surface area contributed by atoms with E-state index >= 15 is 0 Å². The largest absolute Gasteiger partial charge is 0.355 e. The van der Waals surface area contributed by atoms with Gasteiger partial charge in [0.2, 0.25) is 0 Å². The maximum atomic E-state index is 3.53. The van der Waals surface area contributed by atoms with Crippen molar-refractivity contribution in [1.82, 2.24) is 4.98 Å². The normalized spacial score (nSPS) is 11.3. The molecule has 1 heterocycles. The molecule has 1 aromatic heterocycles. The molecule has 8 aromatic rings. The van der Waals surface area contributed by atoms with E-state index in [2.05, 4.69) is 174 Å². The molecule has 198 valence electrons. The van der Waals surface area contributed by atoms with E-state index in [4.69, 9.17) is 0 Å². The molecule has 0 amide bonds. The number of aromatic nitrogens is 1. The van der Waals surface area contributed by atoms with Crippen LogP contribution in [0.2, 0.25) is 0 Å². The van der Waals surface area contributed by atoms with Crippen LogP contribution < -0.4 is 4.90 Å². The van der Waals surface area contributed by atoms with E-state index in [0.717, 1.165) is 17.1 Å². The number of nitrogens with one attached hydrogen (secondary N) is 1. The van der Waals surface area contributed by atoms with E-state index < -0.39 is 0 Å². The fraction of sp³-hybridized carbons (Fsp3) is 0. The van der Waals surface area contributed by atoms with Gasteiger partial charge in [-0.3, -0.25) is 0 Å². The third-order valence-corrected chi connectivity index (χ3v) is 8.21. The summed E-state index contributed by atoms with van der Waals surface area (Å²) in [5, 5.41) is 5.04. The van der Waals surface area contributed by atoms with E-state index in [1.54, 1.807) is 0 Å². The van der Waals surface area contributed by atoms with Crippen LogP contribution in [0.1, 0.15) is 0 Å². The second kappa shape index (κ2) is 10.1. The van der Waals surface area contributed by atoms with Crippen LogP contribution >= 0.6 is 0 Å². The minimum absolute atomic E-state index is 1.12. The van der Waals surface area contributed by atoms with E-state index in [9.17, 15) is 0 Å². The molecule has 0 aliphatic rings. The lowest BCUT2D eigenvalue weighted by Gasteiger charge is -2.26. The number of nitrogens with zero attached hydrogens (tertiary/aromatic N) is 1. The minimum atomic E-state index is 1.12. The van der Waals surface area contributed by atoms with Crippen LogP contribution in [0.25, 0.3) is 54.8 Å². The summed E-state index contributed by atoms with van der Waals surface area (Å²) in [6.45, 7) is 0. The number of H-pyrrole nitrogens is 1. The van der Waals surface area contributed by atoms with Gasteiger partial charge in [0, 0.05) is 38.9 Å². The predicted molar refractivity (Wildman–Crippen MR) is 179 cm³/mol. The zero-order valence-electron chi connectivity index (χ0n) is 23.0. The van der Waals surface area contributed by atoms with Gasteiger partial charge in [0.15, 0.2) is 0 Å². The third kappa shape index (κ3) is 4.22. The molecule has 0 aliphatic heterocycles. The number of hydrogen-bond donors (Lipinski definition) is 1. The Hall–Kier alpha value is -5.60. The molecule has 0 saturated carbocycles. The van der Waals surface area contributed by atoms with Crippen molar-refractivity contribution < 1.29 is 0 Å². The molecule has 2 nitrogen and oxygen atoms in total. The molecule has 42 heavy (non-hydrogen) atoms. The number of benzene rings is 7. The van der Waals surface area contributed by atoms with Gasteiger partial charge >= 0.3 is 0 Å². The Morgan fingerprint density at radius 1 is 0.357 bits per heavy atom. The summed E-state index contributed by atoms with van der Waals surface area (Å²) in [5.41, 5.74) is 10.6. The first kappa shape index (κ1) is 24.2. The van der Waals surface area contributed by atoms with E-state index in [1.165, 1.54) is 54.8 Å². The number of rotatable bonds is 5. The topological polar surface area (TPSA) is 19.0 Å². The van der Waals surface area contributed by atoms with Gasteiger partial charge in [0.25, 0.3) is 0 Å². The van der Waals surface area contributed by atoms with Crippen molar-refractivity contribution >= 4 is 49.6 Å². The van der Waals surface area contributed by atoms with Gasteiger partial charge in [-0.1, -0.05) is 109 Å². The molecule has 7 aromatic carbocycles. The first-order valence-electron chi connectivity index (χ1n) is 14.4. The van der Waals surface area contributed by atoms with E-state index in [-0.39, 0.29) is 0 Å². The summed E-state index contributed by atoms with van der Waals surface area (Å²) in [5.74, 6) is 0. The Labute approximate surface area is 245 Å². The van der Waals surface area contributed by atoms with Gasteiger partial charge in [-0.05, 0) is 87.6 Å². The molecule has 0 spiro atoms. The molecular weight excluding hydrogens is 508 g/mol. The molecule has 8 rings (SSSR count). The van der Waals surface area contributed by atoms with Gasteiger partial charge in [-0.2, -0.15) is 0 Å². The van der Waals surface area contributed by atoms with Crippen molar-refractivity contribution in [3.05, 3.63) is 164 Å². The molecule has 0 unspecified atom stereocenters. The Morgan fingerprint density at radius 2 is 0.929 bits per heavy atom. The summed E-state index contributed by atoms with van der Waals surface area (Å²) in [6, 6.07) is 58.7. The molecule has 0 saturated heterocycles. The molecule has 0 fully saturated rings. The van der Waals surface area contributed by atoms with Crippen LogP contribution in [0.5, 0.6) is 0 Å². The van der Waals surface area contributed by atoms with Crippen molar-refractivity contribution in [2.75, 3.05) is 4.90 Å². The number of para-hydroxylation sites is 2. The molecule has 2 heteroatoms. The van der Waals surface area contributed by atoms with Crippen LogP contribution in [0, 0.1) is 0 Å². The summed E-state index contributed by atoms with van der Waals surface area (Å²) in [7, 11) is 0. The summed E-state index contributed by atoms with van der Waals surface area (Å²) < 4.78 is 0. The summed E-state index contributed by atoms with van der Waals surface area (Å²) in [4.78, 5) is 5.85. The SMILES string of the molecule is c1ccc(N(c2ccc(-c3ccc4[nH]c5ccccc5c4c3)cc2)c2ccc(-c3cccc4ccccc34)cc2)cc1. The number of fused-ring (bicyclic) bond motifs is 4. The average Bonchev–Trinajstić information content (AvgIpc) is 3.44. The van der Waals surface area contributed by atoms with E-state index in [0.29, 0.717) is 0 Å². The van der Waals surface area contributed by atoms with Crippen molar-refractivity contribution in [3.63, 3.8) is 0 Å². The lowest BCUT2D eigenvalue weighted by atomic mass is 9.98. The Kier molecular flexibility index (Phi) is 5.82. The van der Waals surface area contributed by atoms with Gasteiger partial charge in [0.05, 0.1) is 0 Å². The van der Waals surface area contributed by atoms with Crippen LogP contribution in [0.4, 0.5) is 17.1 Å². The maximum absolute atomic E-state index is 3.53. The number of aromatic amines is 1. The van der Waals surface area contributed by atoms with Crippen LogP contribution in [-0.2, 0) is 0 Å². The fourth-order valence-electron chi connectivity index (χ4n) is 6.12. The summed E-state index contributed by atoms with van der Waals surface area (Å²) in [6.07, 6.45) is 0. The molecular formula is C40H28N2. The first-order chi connectivity index (χ1) is 20.8. The predicted octanol–water partition coefficient (Wildman–Crippen LogP) is 11.3. The first-order valence-corrected chi connectivity index (χ1v) is 14.4. The highest BCUT2D eigenvalue weighted by Gasteiger charge is 2.14. The second-order valence-corrected chi connectivity index (χ2v) is 10.7. The smallest absolute Gasteiger partial charge is 0.0465 e. The monoisotopic (exact) mass is 536 g/mol. The zero-order valence-corrected chi connectivity index (χ0v) is 23.0. The van der Waals surface area contributed by atoms with Crippen molar-refractivity contribution in [2.24, 2.45) is 0 Å². The molecule has 0 aliphatic carbocycles. The Balaban J connectivity index is 1.17. The third-order valence-electron chi connectivity index (χ3n) is 8.21. The highest BCUT2D eigenvalue weighted by molar-refractivity contribution is 6.08. The van der Waals surface area contributed by atoms with Crippen molar-refractivity contribution in [2.45, 2.75) is 0 Å². The minimum Gasteiger partial charge on any atom is -0.355 e. The Morgan fingerprint density at radius 3 is 1.71 bits per heavy atom. The molecule has 1 N–H and O–H groups in total. The lowest BCUT2D eigenvalue weighted by Crippen LogP contribution is -2.09.